The quantitative estimate of drug-likeness (QED) is 0.485. The number of carbonyl (C=O) groups excluding carboxylic acids is 1. The molecule has 80 valence electrons. The zero-order chi connectivity index (χ0) is 10.2. The molecule has 4 heteroatoms. The van der Waals surface area contributed by atoms with Gasteiger partial charge < -0.3 is 15.4 Å². The minimum Gasteiger partial charge on any atom is -0.375 e. The molecule has 1 heterocycles. The van der Waals surface area contributed by atoms with Gasteiger partial charge in [0.1, 0.15) is 0 Å². The normalized spacial score (nSPS) is 21.6. The number of rotatable bonds is 5. The number of carbonyl (C=O) groups is 1. The summed E-state index contributed by atoms with van der Waals surface area (Å²) in [5.74, 6) is 0.0561. The first-order valence-electron chi connectivity index (χ1n) is 5.03. The SMILES string of the molecule is C=CCCNC(=O)CC1CNCCO1. The molecule has 0 saturated carbocycles. The molecule has 0 bridgehead atoms. The Labute approximate surface area is 84.7 Å². The highest BCUT2D eigenvalue weighted by Gasteiger charge is 2.16. The molecule has 0 aromatic heterocycles. The van der Waals surface area contributed by atoms with Crippen LogP contribution in [0.15, 0.2) is 12.7 Å². The van der Waals surface area contributed by atoms with E-state index in [0.717, 1.165) is 19.5 Å². The minimum absolute atomic E-state index is 0.0347. The van der Waals surface area contributed by atoms with Crippen molar-refractivity contribution in [1.82, 2.24) is 10.6 Å². The van der Waals surface area contributed by atoms with Gasteiger partial charge >= 0.3 is 0 Å². The molecule has 2 N–H and O–H groups in total. The van der Waals surface area contributed by atoms with Crippen LogP contribution in [-0.2, 0) is 9.53 Å². The van der Waals surface area contributed by atoms with Crippen LogP contribution in [0, 0.1) is 0 Å². The number of nitrogens with one attached hydrogen (secondary N) is 2. The molecule has 0 aliphatic carbocycles. The maximum Gasteiger partial charge on any atom is 0.222 e. The minimum atomic E-state index is 0.0347. The molecular formula is C10H18N2O2. The van der Waals surface area contributed by atoms with Gasteiger partial charge in [-0.05, 0) is 6.42 Å². The molecule has 1 fully saturated rings. The van der Waals surface area contributed by atoms with Crippen LogP contribution >= 0.6 is 0 Å². The number of morpholine rings is 1. The second kappa shape index (κ2) is 6.56. The molecule has 0 aromatic rings. The lowest BCUT2D eigenvalue weighted by atomic mass is 10.2. The van der Waals surface area contributed by atoms with E-state index in [9.17, 15) is 4.79 Å². The monoisotopic (exact) mass is 198 g/mol. The predicted molar refractivity (Wildman–Crippen MR) is 55.1 cm³/mol. The van der Waals surface area contributed by atoms with E-state index >= 15 is 0 Å². The molecule has 1 aliphatic rings. The largest absolute Gasteiger partial charge is 0.375 e. The van der Waals surface area contributed by atoms with Gasteiger partial charge in [-0.2, -0.15) is 0 Å². The lowest BCUT2D eigenvalue weighted by Crippen LogP contribution is -2.41. The molecule has 1 saturated heterocycles. The Morgan fingerprint density at radius 2 is 2.57 bits per heavy atom. The number of hydrogen-bond donors (Lipinski definition) is 2. The van der Waals surface area contributed by atoms with Crippen molar-refractivity contribution in [2.24, 2.45) is 0 Å². The third-order valence-corrected chi connectivity index (χ3v) is 2.09. The Bertz CT molecular complexity index is 189. The van der Waals surface area contributed by atoms with Crippen LogP contribution in [0.5, 0.6) is 0 Å². The van der Waals surface area contributed by atoms with Crippen molar-refractivity contribution in [3.8, 4) is 0 Å². The standard InChI is InChI=1S/C10H18N2O2/c1-2-3-4-12-10(13)7-9-8-11-5-6-14-9/h2,9,11H,1,3-8H2,(H,12,13). The molecule has 0 spiro atoms. The van der Waals surface area contributed by atoms with E-state index in [1.807, 2.05) is 0 Å². The second-order valence-corrected chi connectivity index (χ2v) is 3.33. The average Bonchev–Trinajstić information content (AvgIpc) is 2.20. The van der Waals surface area contributed by atoms with Crippen LogP contribution in [0.3, 0.4) is 0 Å². The maximum absolute atomic E-state index is 11.3. The van der Waals surface area contributed by atoms with Crippen LogP contribution in [0.4, 0.5) is 0 Å². The summed E-state index contributed by atoms with van der Waals surface area (Å²) in [6.45, 7) is 6.61. The van der Waals surface area contributed by atoms with Crippen LogP contribution < -0.4 is 10.6 Å². The molecule has 4 nitrogen and oxygen atoms in total. The molecule has 1 amide bonds. The maximum atomic E-state index is 11.3. The first-order chi connectivity index (χ1) is 6.83. The van der Waals surface area contributed by atoms with Crippen molar-refractivity contribution in [2.75, 3.05) is 26.2 Å². The fourth-order valence-corrected chi connectivity index (χ4v) is 1.34. The Hall–Kier alpha value is -0.870. The van der Waals surface area contributed by atoms with Gasteiger partial charge in [-0.25, -0.2) is 0 Å². The molecule has 1 aliphatic heterocycles. The Morgan fingerprint density at radius 1 is 1.71 bits per heavy atom. The molecule has 0 radical (unpaired) electrons. The zero-order valence-electron chi connectivity index (χ0n) is 8.42. The first-order valence-corrected chi connectivity index (χ1v) is 5.03. The highest BCUT2D eigenvalue weighted by atomic mass is 16.5. The lowest BCUT2D eigenvalue weighted by molar-refractivity contribution is -0.124. The molecule has 1 unspecified atom stereocenters. The van der Waals surface area contributed by atoms with Crippen molar-refractivity contribution in [3.63, 3.8) is 0 Å². The van der Waals surface area contributed by atoms with Gasteiger partial charge in [0.2, 0.25) is 5.91 Å². The predicted octanol–water partition coefficient (Wildman–Crippen LogP) is 0.0572. The summed E-state index contributed by atoms with van der Waals surface area (Å²) in [5.41, 5.74) is 0. The van der Waals surface area contributed by atoms with E-state index < -0.39 is 0 Å². The Balaban J connectivity index is 2.09. The summed E-state index contributed by atoms with van der Waals surface area (Å²) < 4.78 is 5.41. The van der Waals surface area contributed by atoms with E-state index in [2.05, 4.69) is 17.2 Å². The van der Waals surface area contributed by atoms with Crippen LogP contribution in [0.25, 0.3) is 0 Å². The molecule has 14 heavy (non-hydrogen) atoms. The van der Waals surface area contributed by atoms with Crippen molar-refractivity contribution >= 4 is 5.91 Å². The highest BCUT2D eigenvalue weighted by Crippen LogP contribution is 2.00. The summed E-state index contributed by atoms with van der Waals surface area (Å²) in [7, 11) is 0. The summed E-state index contributed by atoms with van der Waals surface area (Å²) >= 11 is 0. The van der Waals surface area contributed by atoms with Gasteiger partial charge in [0, 0.05) is 19.6 Å². The van der Waals surface area contributed by atoms with E-state index in [0.29, 0.717) is 19.6 Å². The van der Waals surface area contributed by atoms with Gasteiger partial charge in [0.05, 0.1) is 19.1 Å². The van der Waals surface area contributed by atoms with E-state index in [1.54, 1.807) is 6.08 Å². The molecular weight excluding hydrogens is 180 g/mol. The number of amides is 1. The van der Waals surface area contributed by atoms with Crippen LogP contribution in [0.1, 0.15) is 12.8 Å². The summed E-state index contributed by atoms with van der Waals surface area (Å²) in [6, 6.07) is 0. The lowest BCUT2D eigenvalue weighted by Gasteiger charge is -2.22. The van der Waals surface area contributed by atoms with E-state index in [-0.39, 0.29) is 12.0 Å². The number of ether oxygens (including phenoxy) is 1. The molecule has 1 rings (SSSR count). The first kappa shape index (κ1) is 11.2. The van der Waals surface area contributed by atoms with E-state index in [1.165, 1.54) is 0 Å². The third-order valence-electron chi connectivity index (χ3n) is 2.09. The summed E-state index contributed by atoms with van der Waals surface area (Å²) in [6.07, 6.45) is 3.09. The van der Waals surface area contributed by atoms with Gasteiger partial charge in [0.25, 0.3) is 0 Å². The summed E-state index contributed by atoms with van der Waals surface area (Å²) in [5, 5.41) is 6.00. The Kier molecular flexibility index (Phi) is 5.25. The van der Waals surface area contributed by atoms with Crippen molar-refractivity contribution in [2.45, 2.75) is 18.9 Å². The average molecular weight is 198 g/mol. The zero-order valence-corrected chi connectivity index (χ0v) is 8.42. The van der Waals surface area contributed by atoms with Crippen molar-refractivity contribution in [3.05, 3.63) is 12.7 Å². The topological polar surface area (TPSA) is 50.4 Å². The molecule has 1 atom stereocenters. The van der Waals surface area contributed by atoms with Crippen molar-refractivity contribution in [1.29, 1.82) is 0 Å². The third kappa shape index (κ3) is 4.39. The number of hydrogen-bond acceptors (Lipinski definition) is 3. The van der Waals surface area contributed by atoms with Gasteiger partial charge in [-0.15, -0.1) is 6.58 Å². The van der Waals surface area contributed by atoms with Gasteiger partial charge in [-0.3, -0.25) is 4.79 Å². The van der Waals surface area contributed by atoms with Gasteiger partial charge in [0.15, 0.2) is 0 Å². The Morgan fingerprint density at radius 3 is 3.21 bits per heavy atom. The fourth-order valence-electron chi connectivity index (χ4n) is 1.34. The van der Waals surface area contributed by atoms with Crippen LogP contribution in [0.2, 0.25) is 0 Å². The fraction of sp³-hybridized carbons (Fsp3) is 0.700. The smallest absolute Gasteiger partial charge is 0.222 e. The molecule has 0 aromatic carbocycles. The highest BCUT2D eigenvalue weighted by molar-refractivity contribution is 5.76. The summed E-state index contributed by atoms with van der Waals surface area (Å²) in [4.78, 5) is 11.3. The van der Waals surface area contributed by atoms with Crippen LogP contribution in [-0.4, -0.2) is 38.3 Å². The van der Waals surface area contributed by atoms with E-state index in [4.69, 9.17) is 4.74 Å². The van der Waals surface area contributed by atoms with Gasteiger partial charge in [-0.1, -0.05) is 6.08 Å². The second-order valence-electron chi connectivity index (χ2n) is 3.33. The van der Waals surface area contributed by atoms with Crippen molar-refractivity contribution < 1.29 is 9.53 Å².